The summed E-state index contributed by atoms with van der Waals surface area (Å²) >= 11 is 0. The third kappa shape index (κ3) is 2.85. The first-order valence-electron chi connectivity index (χ1n) is 9.30. The number of nitrogens with zero attached hydrogens (tertiary/aromatic N) is 1. The maximum absolute atomic E-state index is 12.3. The number of H-pyrrole nitrogens is 1. The van der Waals surface area contributed by atoms with Crippen LogP contribution in [0.15, 0.2) is 11.0 Å². The maximum Gasteiger partial charge on any atom is 0.187 e. The molecule has 138 valence electrons. The molecule has 0 bridgehead atoms. The molecule has 0 saturated carbocycles. The van der Waals surface area contributed by atoms with E-state index in [9.17, 15) is 9.90 Å². The van der Waals surface area contributed by atoms with Gasteiger partial charge in [0.1, 0.15) is 0 Å². The Bertz CT molecular complexity index is 703. The summed E-state index contributed by atoms with van der Waals surface area (Å²) in [5.74, 6) is 0.211. The fourth-order valence-corrected chi connectivity index (χ4v) is 4.92. The van der Waals surface area contributed by atoms with Crippen LogP contribution in [0.3, 0.4) is 0 Å². The van der Waals surface area contributed by atoms with Crippen molar-refractivity contribution in [3.63, 3.8) is 0 Å². The number of aromatic amines is 1. The van der Waals surface area contributed by atoms with Crippen LogP contribution in [0.5, 0.6) is 0 Å². The molecule has 3 fully saturated rings. The van der Waals surface area contributed by atoms with Crippen molar-refractivity contribution in [2.75, 3.05) is 33.0 Å². The number of aliphatic hydroxyl groups is 1. The minimum Gasteiger partial charge on any atom is -0.389 e. The van der Waals surface area contributed by atoms with E-state index in [2.05, 4.69) is 9.88 Å². The number of piperidine rings is 1. The zero-order valence-electron chi connectivity index (χ0n) is 15.1. The average Bonchev–Trinajstić information content (AvgIpc) is 2.63. The number of nitrogens with one attached hydrogen (secondary N) is 1. The molecule has 0 radical (unpaired) electrons. The summed E-state index contributed by atoms with van der Waals surface area (Å²) in [6, 6.07) is 0.289. The molecule has 3 aliphatic rings. The van der Waals surface area contributed by atoms with Gasteiger partial charge >= 0.3 is 0 Å². The molecule has 1 aromatic rings. The lowest BCUT2D eigenvalue weighted by Crippen LogP contribution is -2.67. The Labute approximate surface area is 148 Å². The highest BCUT2D eigenvalue weighted by molar-refractivity contribution is 5.24. The molecule has 4 rings (SSSR count). The third-order valence-corrected chi connectivity index (χ3v) is 6.53. The van der Waals surface area contributed by atoms with Gasteiger partial charge in [0.05, 0.1) is 18.8 Å². The second-order valence-corrected chi connectivity index (χ2v) is 7.88. The minimum atomic E-state index is -0.685. The van der Waals surface area contributed by atoms with Crippen LogP contribution in [0.25, 0.3) is 0 Å². The number of hydrogen-bond acceptors (Lipinski definition) is 5. The minimum absolute atomic E-state index is 0.0988. The van der Waals surface area contributed by atoms with E-state index < -0.39 is 5.60 Å². The van der Waals surface area contributed by atoms with Crippen LogP contribution in [0, 0.1) is 25.7 Å². The molecule has 0 unspecified atom stereocenters. The van der Waals surface area contributed by atoms with E-state index in [-0.39, 0.29) is 23.3 Å². The van der Waals surface area contributed by atoms with Crippen molar-refractivity contribution in [3.8, 4) is 0 Å². The van der Waals surface area contributed by atoms with Crippen LogP contribution in [0.1, 0.15) is 29.7 Å². The van der Waals surface area contributed by atoms with Crippen molar-refractivity contribution in [3.05, 3.63) is 33.2 Å². The third-order valence-electron chi connectivity index (χ3n) is 6.53. The molecule has 0 spiro atoms. The van der Waals surface area contributed by atoms with E-state index in [0.29, 0.717) is 32.8 Å². The van der Waals surface area contributed by atoms with E-state index in [1.165, 1.54) is 0 Å². The Hall–Kier alpha value is -1.21. The number of aromatic nitrogens is 1. The van der Waals surface area contributed by atoms with Gasteiger partial charge < -0.3 is 19.6 Å². The summed E-state index contributed by atoms with van der Waals surface area (Å²) < 4.78 is 11.4. The Morgan fingerprint density at radius 1 is 1.32 bits per heavy atom. The highest BCUT2D eigenvalue weighted by Gasteiger charge is 2.55. The van der Waals surface area contributed by atoms with Crippen molar-refractivity contribution in [2.45, 2.75) is 44.9 Å². The lowest BCUT2D eigenvalue weighted by molar-refractivity contribution is -0.221. The Morgan fingerprint density at radius 3 is 2.96 bits per heavy atom. The lowest BCUT2D eigenvalue weighted by Gasteiger charge is -2.57. The first-order chi connectivity index (χ1) is 12.0. The van der Waals surface area contributed by atoms with Crippen LogP contribution in [-0.4, -0.2) is 59.6 Å². The Kier molecular flexibility index (Phi) is 4.48. The molecule has 0 amide bonds. The Morgan fingerprint density at radius 2 is 2.12 bits per heavy atom. The predicted molar refractivity (Wildman–Crippen MR) is 93.5 cm³/mol. The van der Waals surface area contributed by atoms with Crippen molar-refractivity contribution < 1.29 is 14.6 Å². The summed E-state index contributed by atoms with van der Waals surface area (Å²) in [6.07, 6.45) is 3.42. The van der Waals surface area contributed by atoms with Crippen molar-refractivity contribution in [1.29, 1.82) is 0 Å². The molecule has 4 atom stereocenters. The summed E-state index contributed by atoms with van der Waals surface area (Å²) in [5, 5.41) is 11.4. The molecule has 0 aliphatic carbocycles. The molecule has 0 aromatic carbocycles. The SMILES string of the molecule is Cc1c[nH]c(CN2C[C@H]3COCC[C@@]3(O)[C@@H]3COCC[C@@H]32)c(C)c1=O. The largest absolute Gasteiger partial charge is 0.389 e. The van der Waals surface area contributed by atoms with Crippen molar-refractivity contribution >= 4 is 0 Å². The molecule has 6 heteroatoms. The van der Waals surface area contributed by atoms with Gasteiger partial charge in [0, 0.05) is 73.6 Å². The highest BCUT2D eigenvalue weighted by atomic mass is 16.5. The second-order valence-electron chi connectivity index (χ2n) is 7.88. The van der Waals surface area contributed by atoms with Gasteiger partial charge in [0.15, 0.2) is 5.43 Å². The van der Waals surface area contributed by atoms with Crippen molar-refractivity contribution in [1.82, 2.24) is 9.88 Å². The molecule has 6 nitrogen and oxygen atoms in total. The fourth-order valence-electron chi connectivity index (χ4n) is 4.92. The van der Waals surface area contributed by atoms with Gasteiger partial charge in [0.25, 0.3) is 0 Å². The Balaban J connectivity index is 1.63. The maximum atomic E-state index is 12.3. The van der Waals surface area contributed by atoms with Gasteiger partial charge in [-0.2, -0.15) is 0 Å². The summed E-state index contributed by atoms with van der Waals surface area (Å²) in [6.45, 7) is 7.80. The van der Waals surface area contributed by atoms with Gasteiger partial charge in [-0.15, -0.1) is 0 Å². The van der Waals surface area contributed by atoms with E-state index in [1.807, 2.05) is 13.8 Å². The molecule has 25 heavy (non-hydrogen) atoms. The van der Waals surface area contributed by atoms with E-state index in [4.69, 9.17) is 9.47 Å². The first-order valence-corrected chi connectivity index (χ1v) is 9.30. The van der Waals surface area contributed by atoms with Gasteiger partial charge in [-0.1, -0.05) is 0 Å². The number of aryl methyl sites for hydroxylation is 1. The molecular formula is C19H28N2O4. The normalized spacial score (nSPS) is 35.9. The zero-order valence-corrected chi connectivity index (χ0v) is 15.1. The van der Waals surface area contributed by atoms with Gasteiger partial charge in [-0.3, -0.25) is 9.69 Å². The van der Waals surface area contributed by atoms with Crippen LogP contribution in [-0.2, 0) is 16.0 Å². The monoisotopic (exact) mass is 348 g/mol. The highest BCUT2D eigenvalue weighted by Crippen LogP contribution is 2.44. The summed E-state index contributed by atoms with van der Waals surface area (Å²) in [4.78, 5) is 18.0. The zero-order chi connectivity index (χ0) is 17.6. The lowest BCUT2D eigenvalue weighted by atomic mass is 9.66. The quantitative estimate of drug-likeness (QED) is 0.833. The summed E-state index contributed by atoms with van der Waals surface area (Å²) in [7, 11) is 0. The van der Waals surface area contributed by atoms with Crippen LogP contribution >= 0.6 is 0 Å². The van der Waals surface area contributed by atoms with Crippen molar-refractivity contribution in [2.24, 2.45) is 11.8 Å². The molecule has 4 heterocycles. The number of ether oxygens (including phenoxy) is 2. The number of fused-ring (bicyclic) bond motifs is 3. The van der Waals surface area contributed by atoms with Crippen LogP contribution < -0.4 is 5.43 Å². The van der Waals surface area contributed by atoms with E-state index >= 15 is 0 Å². The standard InChI is InChI=1S/C19H28N2O4/c1-12-7-20-16(13(2)18(12)22)9-21-8-14-10-25-6-4-19(14,23)15-11-24-5-3-17(15)21/h7,14-15,17,23H,3-6,8-11H2,1-2H3,(H,20,22)/t14-,15+,17-,19-/m0/s1. The number of rotatable bonds is 2. The van der Waals surface area contributed by atoms with E-state index in [1.54, 1.807) is 6.20 Å². The smallest absolute Gasteiger partial charge is 0.187 e. The summed E-state index contributed by atoms with van der Waals surface area (Å²) in [5.41, 5.74) is 1.95. The molecule has 1 aromatic heterocycles. The van der Waals surface area contributed by atoms with Crippen LogP contribution in [0.2, 0.25) is 0 Å². The number of hydrogen-bond donors (Lipinski definition) is 2. The topological polar surface area (TPSA) is 74.8 Å². The molecule has 2 N–H and O–H groups in total. The number of likely N-dealkylation sites (tertiary alicyclic amines) is 1. The fraction of sp³-hybridized carbons (Fsp3) is 0.737. The predicted octanol–water partition coefficient (Wildman–Crippen LogP) is 0.980. The average molecular weight is 348 g/mol. The van der Waals surface area contributed by atoms with Crippen LogP contribution in [0.4, 0.5) is 0 Å². The number of pyridine rings is 1. The molecular weight excluding hydrogens is 320 g/mol. The van der Waals surface area contributed by atoms with Gasteiger partial charge in [0.2, 0.25) is 0 Å². The van der Waals surface area contributed by atoms with E-state index in [0.717, 1.165) is 36.4 Å². The first kappa shape index (κ1) is 17.2. The molecule has 3 saturated heterocycles. The second kappa shape index (κ2) is 6.50. The van der Waals surface area contributed by atoms with Gasteiger partial charge in [-0.05, 0) is 20.3 Å². The van der Waals surface area contributed by atoms with Gasteiger partial charge in [-0.25, -0.2) is 0 Å². The molecule has 3 aliphatic heterocycles.